The fourth-order valence-corrected chi connectivity index (χ4v) is 4.88. The number of benzene rings is 2. The number of nitrogens with one attached hydrogen (secondary N) is 1. The zero-order chi connectivity index (χ0) is 29.3. The molecule has 0 bridgehead atoms. The van der Waals surface area contributed by atoms with Crippen LogP contribution in [0.25, 0.3) is 22.3 Å². The van der Waals surface area contributed by atoms with Gasteiger partial charge in [-0.3, -0.25) is 9.69 Å². The number of nitrogens with zero attached hydrogens (tertiary/aromatic N) is 6. The van der Waals surface area contributed by atoms with E-state index in [2.05, 4.69) is 26.3 Å². The average Bonchev–Trinajstić information content (AvgIpc) is 3.34. The van der Waals surface area contributed by atoms with Crippen molar-refractivity contribution in [2.45, 2.75) is 25.1 Å². The lowest BCUT2D eigenvalue weighted by Gasteiger charge is -2.30. The van der Waals surface area contributed by atoms with Crippen LogP contribution in [0.15, 0.2) is 42.7 Å². The summed E-state index contributed by atoms with van der Waals surface area (Å²) < 4.78 is 60.3. The van der Waals surface area contributed by atoms with E-state index < -0.39 is 29.0 Å². The molecule has 1 saturated heterocycles. The molecule has 212 valence electrons. The Morgan fingerprint density at radius 1 is 1.20 bits per heavy atom. The number of anilines is 2. The molecule has 0 spiro atoms. The zero-order valence-electron chi connectivity index (χ0n) is 21.7. The number of hydrogen-bond donors (Lipinski definition) is 2. The smallest absolute Gasteiger partial charge is 0.416 e. The van der Waals surface area contributed by atoms with Crippen molar-refractivity contribution in [2.24, 2.45) is 0 Å². The highest BCUT2D eigenvalue weighted by atomic mass is 19.4. The highest BCUT2D eigenvalue weighted by molar-refractivity contribution is 6.06. The summed E-state index contributed by atoms with van der Waals surface area (Å²) in [5.74, 6) is -1.82. The van der Waals surface area contributed by atoms with Gasteiger partial charge in [0.05, 0.1) is 48.0 Å². The second-order valence-electron chi connectivity index (χ2n) is 9.48. The Labute approximate surface area is 231 Å². The van der Waals surface area contributed by atoms with Gasteiger partial charge in [-0.15, -0.1) is 0 Å². The van der Waals surface area contributed by atoms with Crippen molar-refractivity contribution in [1.82, 2.24) is 24.6 Å². The van der Waals surface area contributed by atoms with Crippen molar-refractivity contribution in [3.05, 3.63) is 59.7 Å². The van der Waals surface area contributed by atoms with Crippen molar-refractivity contribution in [1.29, 1.82) is 5.26 Å². The molecule has 2 aromatic heterocycles. The summed E-state index contributed by atoms with van der Waals surface area (Å²) >= 11 is 0. The third-order valence-electron chi connectivity index (χ3n) is 6.98. The lowest BCUT2D eigenvalue weighted by atomic mass is 10.1. The number of nitrogen functional groups attached to an aromatic ring is 1. The van der Waals surface area contributed by atoms with E-state index in [0.29, 0.717) is 34.9 Å². The first-order valence-corrected chi connectivity index (χ1v) is 12.5. The predicted molar refractivity (Wildman–Crippen MR) is 141 cm³/mol. The molecular weight excluding hydrogens is 544 g/mol. The zero-order valence-corrected chi connectivity index (χ0v) is 21.7. The first-order valence-electron chi connectivity index (χ1n) is 12.5. The maximum absolute atomic E-state index is 14.4. The van der Waals surface area contributed by atoms with Crippen molar-refractivity contribution >= 4 is 28.4 Å². The topological polar surface area (TPSA) is 135 Å². The molecule has 0 saturated carbocycles. The molecule has 41 heavy (non-hydrogen) atoms. The number of alkyl halides is 3. The summed E-state index contributed by atoms with van der Waals surface area (Å²) in [4.78, 5) is 23.3. The number of nitriles is 1. The molecular formula is C27H24F4N8O2. The van der Waals surface area contributed by atoms with Crippen LogP contribution in [0.5, 0.6) is 5.75 Å². The Kier molecular flexibility index (Phi) is 7.46. The largest absolute Gasteiger partial charge is 0.495 e. The number of ether oxygens (including phenoxy) is 1. The van der Waals surface area contributed by atoms with Crippen molar-refractivity contribution in [2.75, 3.05) is 37.8 Å². The molecule has 1 fully saturated rings. The van der Waals surface area contributed by atoms with Gasteiger partial charge in [-0.25, -0.2) is 19.0 Å². The minimum Gasteiger partial charge on any atom is -0.495 e. The molecule has 1 aliphatic heterocycles. The van der Waals surface area contributed by atoms with E-state index in [4.69, 9.17) is 20.8 Å². The van der Waals surface area contributed by atoms with Crippen LogP contribution in [0.2, 0.25) is 0 Å². The Hall–Kier alpha value is -4.77. The van der Waals surface area contributed by atoms with Gasteiger partial charge in [-0.2, -0.15) is 23.5 Å². The molecule has 0 aliphatic carbocycles. The van der Waals surface area contributed by atoms with Crippen molar-refractivity contribution in [3.8, 4) is 23.1 Å². The fourth-order valence-electron chi connectivity index (χ4n) is 4.88. The molecule has 1 amide bonds. The fraction of sp³-hybridized carbons (Fsp3) is 0.296. The summed E-state index contributed by atoms with van der Waals surface area (Å²) in [6.45, 7) is 1.83. The monoisotopic (exact) mass is 568 g/mol. The number of piperidine rings is 1. The molecule has 5 rings (SSSR count). The quantitative estimate of drug-likeness (QED) is 0.253. The molecule has 10 nitrogen and oxygen atoms in total. The van der Waals surface area contributed by atoms with Gasteiger partial charge in [0.1, 0.15) is 29.4 Å². The average molecular weight is 569 g/mol. The number of aromatic nitrogens is 4. The van der Waals surface area contributed by atoms with Gasteiger partial charge in [0.15, 0.2) is 5.65 Å². The molecule has 3 heterocycles. The highest BCUT2D eigenvalue weighted by Gasteiger charge is 2.32. The number of amides is 1. The number of carbonyl (C=O) groups excluding carboxylic acids is 1. The number of halogens is 4. The number of fused-ring (bicyclic) bond motifs is 1. The second-order valence-corrected chi connectivity index (χ2v) is 9.48. The summed E-state index contributed by atoms with van der Waals surface area (Å²) in [6, 6.07) is 8.65. The Morgan fingerprint density at radius 2 is 1.95 bits per heavy atom. The van der Waals surface area contributed by atoms with E-state index >= 15 is 0 Å². The van der Waals surface area contributed by atoms with Crippen LogP contribution in [0, 0.1) is 17.1 Å². The van der Waals surface area contributed by atoms with Gasteiger partial charge in [-0.1, -0.05) is 6.07 Å². The molecule has 2 aromatic carbocycles. The SMILES string of the molecule is COc1cc(-c2nn(C3CCN(CC#N)CC3)c3ncnc(N)c23)ccc1NC(=O)c1ccc(C(F)(F)F)cc1F. The third-order valence-corrected chi connectivity index (χ3v) is 6.98. The normalized spacial score (nSPS) is 14.6. The van der Waals surface area contributed by atoms with Gasteiger partial charge < -0.3 is 15.8 Å². The Morgan fingerprint density at radius 3 is 2.61 bits per heavy atom. The molecule has 0 unspecified atom stereocenters. The summed E-state index contributed by atoms with van der Waals surface area (Å²) in [7, 11) is 1.37. The standard InChI is InChI=1S/C27H24F4N8O2/c1-41-21-12-15(2-5-20(21)36-26(40)18-4-3-16(13-19(18)28)27(29,30)31)23-22-24(33)34-14-35-25(22)39(37-23)17-6-9-38(10-7-17)11-8-32/h2-5,12-14,17H,6-7,9-11H2,1H3,(H,36,40)(H2,33,34,35). The molecule has 1 aliphatic rings. The first-order chi connectivity index (χ1) is 19.6. The van der Waals surface area contributed by atoms with Gasteiger partial charge in [0.25, 0.3) is 5.91 Å². The van der Waals surface area contributed by atoms with E-state index in [1.165, 1.54) is 19.5 Å². The number of carbonyl (C=O) groups is 1. The van der Waals surface area contributed by atoms with Gasteiger partial charge in [0, 0.05) is 18.7 Å². The molecule has 3 N–H and O–H groups in total. The number of rotatable bonds is 6. The lowest BCUT2D eigenvalue weighted by Crippen LogP contribution is -2.35. The highest BCUT2D eigenvalue weighted by Crippen LogP contribution is 2.37. The molecule has 0 radical (unpaired) electrons. The molecule has 4 aromatic rings. The lowest BCUT2D eigenvalue weighted by molar-refractivity contribution is -0.137. The first kappa shape index (κ1) is 27.8. The predicted octanol–water partition coefficient (Wildman–Crippen LogP) is 4.65. The second kappa shape index (κ2) is 11.0. The van der Waals surface area contributed by atoms with Gasteiger partial charge >= 0.3 is 6.18 Å². The summed E-state index contributed by atoms with van der Waals surface area (Å²) in [5, 5.41) is 16.9. The minimum atomic E-state index is -4.74. The summed E-state index contributed by atoms with van der Waals surface area (Å²) in [6.07, 6.45) is -1.85. The van der Waals surface area contributed by atoms with Crippen molar-refractivity contribution < 1.29 is 27.1 Å². The van der Waals surface area contributed by atoms with Gasteiger partial charge in [0.2, 0.25) is 0 Å². The number of methoxy groups -OCH3 is 1. The van der Waals surface area contributed by atoms with Crippen LogP contribution in [0.3, 0.4) is 0 Å². The van der Waals surface area contributed by atoms with Crippen molar-refractivity contribution in [3.63, 3.8) is 0 Å². The van der Waals surface area contributed by atoms with Crippen LogP contribution in [0.4, 0.5) is 29.1 Å². The molecule has 14 heteroatoms. The van der Waals surface area contributed by atoms with Crippen LogP contribution in [0.1, 0.15) is 34.8 Å². The minimum absolute atomic E-state index is 0.0228. The Bertz CT molecular complexity index is 1660. The number of nitrogens with two attached hydrogens (primary N) is 1. The Balaban J connectivity index is 1.45. The number of hydrogen-bond acceptors (Lipinski definition) is 8. The third kappa shape index (κ3) is 5.48. The van der Waals surface area contributed by atoms with E-state index in [-0.39, 0.29) is 29.4 Å². The molecule has 0 atom stereocenters. The summed E-state index contributed by atoms with van der Waals surface area (Å²) in [5.41, 5.74) is 6.27. The van der Waals surface area contributed by atoms with Crippen LogP contribution < -0.4 is 15.8 Å². The van der Waals surface area contributed by atoms with E-state index in [0.717, 1.165) is 32.0 Å². The van der Waals surface area contributed by atoms with Crippen LogP contribution in [-0.2, 0) is 6.18 Å². The van der Waals surface area contributed by atoms with Gasteiger partial charge in [-0.05, 0) is 43.2 Å². The van der Waals surface area contributed by atoms with Crippen LogP contribution in [-0.4, -0.2) is 57.3 Å². The van der Waals surface area contributed by atoms with E-state index in [1.807, 2.05) is 4.68 Å². The van der Waals surface area contributed by atoms with E-state index in [1.54, 1.807) is 12.1 Å². The van der Waals surface area contributed by atoms with Crippen LogP contribution >= 0.6 is 0 Å². The number of likely N-dealkylation sites (tertiary alicyclic amines) is 1. The maximum atomic E-state index is 14.4. The maximum Gasteiger partial charge on any atom is 0.416 e. The van der Waals surface area contributed by atoms with E-state index in [9.17, 15) is 22.4 Å².